The van der Waals surface area contributed by atoms with Crippen molar-refractivity contribution in [2.75, 3.05) is 12.8 Å². The third-order valence-electron chi connectivity index (χ3n) is 4.93. The van der Waals surface area contributed by atoms with Gasteiger partial charge in [0.1, 0.15) is 17.9 Å². The maximum Gasteiger partial charge on any atom is 0.166 e. The van der Waals surface area contributed by atoms with Crippen molar-refractivity contribution in [3.8, 4) is 28.7 Å². The first-order valence-corrected chi connectivity index (χ1v) is 9.25. The molecule has 0 aliphatic carbocycles. The number of anilines is 1. The van der Waals surface area contributed by atoms with Crippen molar-refractivity contribution < 1.29 is 9.57 Å². The van der Waals surface area contributed by atoms with E-state index in [-0.39, 0.29) is 11.9 Å². The van der Waals surface area contributed by atoms with Crippen molar-refractivity contribution in [1.82, 2.24) is 19.8 Å². The largest absolute Gasteiger partial charge is 0.482 e. The Morgan fingerprint density at radius 1 is 1.24 bits per heavy atom. The van der Waals surface area contributed by atoms with Crippen molar-refractivity contribution >= 4 is 5.82 Å². The number of nitrogens with zero attached hydrogens (tertiary/aromatic N) is 5. The molecule has 1 atom stereocenters. The van der Waals surface area contributed by atoms with E-state index in [1.165, 1.54) is 0 Å². The maximum atomic E-state index is 9.67. The molecule has 1 aromatic carbocycles. The lowest BCUT2D eigenvalue weighted by molar-refractivity contribution is -0.0432. The van der Waals surface area contributed by atoms with E-state index in [0.717, 1.165) is 16.7 Å². The van der Waals surface area contributed by atoms with E-state index in [2.05, 4.69) is 16.2 Å². The summed E-state index contributed by atoms with van der Waals surface area (Å²) in [5.74, 6) is 1.43. The molecule has 0 fully saturated rings. The Labute approximate surface area is 169 Å². The smallest absolute Gasteiger partial charge is 0.166 e. The highest BCUT2D eigenvalue weighted by Crippen LogP contribution is 2.37. The van der Waals surface area contributed by atoms with Crippen molar-refractivity contribution in [1.29, 1.82) is 5.26 Å². The molecule has 3 aromatic rings. The monoisotopic (exact) mass is 390 g/mol. The van der Waals surface area contributed by atoms with Gasteiger partial charge in [0, 0.05) is 37.0 Å². The highest BCUT2D eigenvalue weighted by Gasteiger charge is 2.24. The number of nitrogens with two attached hydrogens (primary N) is 1. The number of aryl methyl sites for hydroxylation is 2. The number of hydrogen-bond acceptors (Lipinski definition) is 7. The maximum absolute atomic E-state index is 9.67. The number of ether oxygens (including phenoxy) is 1. The van der Waals surface area contributed by atoms with Gasteiger partial charge < -0.3 is 15.3 Å². The minimum Gasteiger partial charge on any atom is -0.482 e. The normalized spacial score (nSPS) is 16.3. The predicted molar refractivity (Wildman–Crippen MR) is 108 cm³/mol. The van der Waals surface area contributed by atoms with Gasteiger partial charge in [-0.3, -0.25) is 4.68 Å². The number of benzene rings is 1. The number of fused-ring (bicyclic) bond motifs is 5. The second-order valence-corrected chi connectivity index (χ2v) is 7.19. The molecule has 2 N–H and O–H groups in total. The van der Waals surface area contributed by atoms with Crippen LogP contribution < -0.4 is 15.3 Å². The standard InChI is InChI=1S/C21H22N6O2/c1-12-5-6-18-15(7-12)13(2)28-19-8-14(10-24-21(19)23)20-16(11-26(3)29-18)25-27(4)17(20)9-22/h5-8,10,13H,11H2,1-4H3,(H2,23,24)/t13-/m1/s1. The van der Waals surface area contributed by atoms with Gasteiger partial charge in [0.25, 0.3) is 0 Å². The molecule has 0 spiro atoms. The van der Waals surface area contributed by atoms with Crippen LogP contribution in [0.1, 0.15) is 35.5 Å². The van der Waals surface area contributed by atoms with E-state index in [1.807, 2.05) is 45.2 Å². The molecule has 0 saturated carbocycles. The van der Waals surface area contributed by atoms with E-state index in [1.54, 1.807) is 23.0 Å². The zero-order chi connectivity index (χ0) is 20.7. The molecule has 0 amide bonds. The van der Waals surface area contributed by atoms with E-state index in [9.17, 15) is 5.26 Å². The summed E-state index contributed by atoms with van der Waals surface area (Å²) < 4.78 is 7.74. The van der Waals surface area contributed by atoms with Gasteiger partial charge in [0.2, 0.25) is 0 Å². The van der Waals surface area contributed by atoms with Crippen LogP contribution in [0.2, 0.25) is 0 Å². The lowest BCUT2D eigenvalue weighted by atomic mass is 10.0. The van der Waals surface area contributed by atoms with Gasteiger partial charge in [0.05, 0.1) is 12.2 Å². The Morgan fingerprint density at radius 3 is 2.79 bits per heavy atom. The van der Waals surface area contributed by atoms with Crippen LogP contribution in [0.4, 0.5) is 5.82 Å². The second-order valence-electron chi connectivity index (χ2n) is 7.19. The zero-order valence-electron chi connectivity index (χ0n) is 16.8. The molecule has 0 saturated heterocycles. The van der Waals surface area contributed by atoms with Gasteiger partial charge in [-0.2, -0.15) is 10.4 Å². The first-order chi connectivity index (χ1) is 13.9. The predicted octanol–water partition coefficient (Wildman–Crippen LogP) is 3.12. The number of aromatic nitrogens is 3. The molecule has 8 heteroatoms. The molecule has 0 radical (unpaired) electrons. The highest BCUT2D eigenvalue weighted by molar-refractivity contribution is 5.73. The molecule has 2 aromatic heterocycles. The summed E-state index contributed by atoms with van der Waals surface area (Å²) in [6.07, 6.45) is 1.32. The minimum absolute atomic E-state index is 0.286. The Kier molecular flexibility index (Phi) is 4.60. The minimum atomic E-state index is -0.319. The molecule has 3 heterocycles. The van der Waals surface area contributed by atoms with Crippen LogP contribution in [-0.4, -0.2) is 26.9 Å². The summed E-state index contributed by atoms with van der Waals surface area (Å²) in [7, 11) is 3.57. The van der Waals surface area contributed by atoms with Gasteiger partial charge >= 0.3 is 0 Å². The Balaban J connectivity index is 1.93. The summed E-state index contributed by atoms with van der Waals surface area (Å²) in [5, 5.41) is 15.9. The van der Waals surface area contributed by atoms with E-state index < -0.39 is 0 Å². The van der Waals surface area contributed by atoms with Crippen molar-refractivity contribution in [2.24, 2.45) is 7.05 Å². The zero-order valence-corrected chi connectivity index (χ0v) is 16.8. The molecule has 2 bridgehead atoms. The quantitative estimate of drug-likeness (QED) is 0.629. The van der Waals surface area contributed by atoms with Crippen LogP contribution in [0.3, 0.4) is 0 Å². The average Bonchev–Trinajstić information content (AvgIpc) is 2.98. The first kappa shape index (κ1) is 18.8. The van der Waals surface area contributed by atoms with Crippen molar-refractivity contribution in [3.63, 3.8) is 0 Å². The van der Waals surface area contributed by atoms with Gasteiger partial charge in [-0.1, -0.05) is 11.6 Å². The molecular formula is C21H22N6O2. The number of hydrogen-bond donors (Lipinski definition) is 1. The van der Waals surface area contributed by atoms with Crippen LogP contribution in [0.5, 0.6) is 11.5 Å². The van der Waals surface area contributed by atoms with Crippen LogP contribution >= 0.6 is 0 Å². The topological polar surface area (TPSA) is 102 Å². The lowest BCUT2D eigenvalue weighted by Gasteiger charge is -2.24. The summed E-state index contributed by atoms with van der Waals surface area (Å²) in [6, 6.07) is 9.99. The van der Waals surface area contributed by atoms with Crippen LogP contribution in [0, 0.1) is 18.3 Å². The number of pyridine rings is 1. The number of nitriles is 1. The fourth-order valence-electron chi connectivity index (χ4n) is 3.54. The SMILES string of the molecule is Cc1ccc2c(c1)[C@@H](C)Oc1cc(cnc1N)-c1c(nn(C)c1C#N)CN(C)O2. The first-order valence-electron chi connectivity index (χ1n) is 9.25. The molecule has 29 heavy (non-hydrogen) atoms. The van der Waals surface area contributed by atoms with Crippen LogP contribution in [0.15, 0.2) is 30.5 Å². The summed E-state index contributed by atoms with van der Waals surface area (Å²) >= 11 is 0. The second kappa shape index (κ2) is 7.11. The third-order valence-corrected chi connectivity index (χ3v) is 4.93. The fourth-order valence-corrected chi connectivity index (χ4v) is 3.54. The molecular weight excluding hydrogens is 368 g/mol. The van der Waals surface area contributed by atoms with E-state index in [0.29, 0.717) is 35.0 Å². The van der Waals surface area contributed by atoms with Gasteiger partial charge in [-0.15, -0.1) is 5.06 Å². The van der Waals surface area contributed by atoms with Gasteiger partial charge in [-0.25, -0.2) is 4.98 Å². The number of hydroxylamine groups is 2. The third kappa shape index (κ3) is 3.37. The Hall–Kier alpha value is -3.57. The summed E-state index contributed by atoms with van der Waals surface area (Å²) in [4.78, 5) is 10.4. The molecule has 1 aliphatic rings. The summed E-state index contributed by atoms with van der Waals surface area (Å²) in [5.41, 5.74) is 10.6. The molecule has 8 nitrogen and oxygen atoms in total. The van der Waals surface area contributed by atoms with E-state index in [4.69, 9.17) is 15.3 Å². The average molecular weight is 390 g/mol. The Morgan fingerprint density at radius 2 is 2.03 bits per heavy atom. The highest BCUT2D eigenvalue weighted by atomic mass is 16.7. The number of rotatable bonds is 0. The van der Waals surface area contributed by atoms with Crippen LogP contribution in [-0.2, 0) is 13.6 Å². The van der Waals surface area contributed by atoms with Crippen molar-refractivity contribution in [3.05, 3.63) is 53.0 Å². The van der Waals surface area contributed by atoms with Gasteiger partial charge in [0.15, 0.2) is 17.3 Å². The Bertz CT molecular complexity index is 1130. The fraction of sp³-hybridized carbons (Fsp3) is 0.286. The molecule has 0 unspecified atom stereocenters. The van der Waals surface area contributed by atoms with Crippen molar-refractivity contribution in [2.45, 2.75) is 26.5 Å². The van der Waals surface area contributed by atoms with Gasteiger partial charge in [-0.05, 0) is 32.0 Å². The summed E-state index contributed by atoms with van der Waals surface area (Å²) in [6.45, 7) is 4.34. The van der Waals surface area contributed by atoms with Crippen LogP contribution in [0.25, 0.3) is 11.1 Å². The lowest BCUT2D eigenvalue weighted by Crippen LogP contribution is -2.24. The molecule has 1 aliphatic heterocycles. The molecule has 148 valence electrons. The van der Waals surface area contributed by atoms with E-state index >= 15 is 0 Å². The number of nitrogen functional groups attached to an aromatic ring is 1. The molecule has 4 rings (SSSR count).